The molecule has 0 aliphatic heterocycles. The average Bonchev–Trinajstić information content (AvgIpc) is 2.40. The van der Waals surface area contributed by atoms with Gasteiger partial charge in [0.2, 0.25) is 0 Å². The summed E-state index contributed by atoms with van der Waals surface area (Å²) in [6.45, 7) is 4.54. The third-order valence-electron chi connectivity index (χ3n) is 3.16. The van der Waals surface area contributed by atoms with Crippen molar-refractivity contribution in [3.05, 3.63) is 50.4 Å². The summed E-state index contributed by atoms with van der Waals surface area (Å²) in [4.78, 5) is 29.7. The molecule has 7 heteroatoms. The predicted molar refractivity (Wildman–Crippen MR) is 77.7 cm³/mol. The van der Waals surface area contributed by atoms with Crippen LogP contribution in [0.25, 0.3) is 0 Å². The van der Waals surface area contributed by atoms with Crippen molar-refractivity contribution in [3.63, 3.8) is 0 Å². The molecule has 20 heavy (non-hydrogen) atoms. The van der Waals surface area contributed by atoms with Crippen LogP contribution in [0.1, 0.15) is 18.1 Å². The highest BCUT2D eigenvalue weighted by molar-refractivity contribution is 5.60. The topological polar surface area (TPSA) is 106 Å². The lowest BCUT2D eigenvalue weighted by molar-refractivity contribution is 0.706. The van der Waals surface area contributed by atoms with Crippen LogP contribution in [0.3, 0.4) is 0 Å². The SMILES string of the molecule is CCn1c(N)c(NCc2cnccc2C)c(=O)[nH]c1=O. The third-order valence-corrected chi connectivity index (χ3v) is 3.16. The second-order valence-electron chi connectivity index (χ2n) is 4.42. The van der Waals surface area contributed by atoms with Gasteiger partial charge < -0.3 is 11.1 Å². The number of nitrogens with two attached hydrogens (primary N) is 1. The van der Waals surface area contributed by atoms with Gasteiger partial charge in [0.1, 0.15) is 11.5 Å². The molecule has 0 radical (unpaired) electrons. The lowest BCUT2D eigenvalue weighted by Gasteiger charge is -2.13. The Hall–Kier alpha value is -2.57. The van der Waals surface area contributed by atoms with E-state index in [4.69, 9.17) is 5.73 Å². The highest BCUT2D eigenvalue weighted by Gasteiger charge is 2.11. The van der Waals surface area contributed by atoms with E-state index in [2.05, 4.69) is 15.3 Å². The maximum absolute atomic E-state index is 11.8. The molecule has 2 aromatic heterocycles. The number of aromatic nitrogens is 3. The average molecular weight is 275 g/mol. The Morgan fingerprint density at radius 3 is 2.85 bits per heavy atom. The first-order valence-corrected chi connectivity index (χ1v) is 6.30. The number of aromatic amines is 1. The molecule has 106 valence electrons. The third kappa shape index (κ3) is 2.56. The van der Waals surface area contributed by atoms with Gasteiger partial charge in [-0.25, -0.2) is 4.79 Å². The van der Waals surface area contributed by atoms with Gasteiger partial charge in [-0.05, 0) is 31.0 Å². The molecule has 0 aromatic carbocycles. The molecular formula is C13H17N5O2. The van der Waals surface area contributed by atoms with E-state index >= 15 is 0 Å². The van der Waals surface area contributed by atoms with Crippen molar-refractivity contribution >= 4 is 11.5 Å². The van der Waals surface area contributed by atoms with E-state index in [1.165, 1.54) is 4.57 Å². The fourth-order valence-corrected chi connectivity index (χ4v) is 1.94. The van der Waals surface area contributed by atoms with E-state index in [9.17, 15) is 9.59 Å². The minimum absolute atomic E-state index is 0.141. The van der Waals surface area contributed by atoms with Gasteiger partial charge in [0, 0.05) is 25.5 Å². The number of hydrogen-bond donors (Lipinski definition) is 3. The quantitative estimate of drug-likeness (QED) is 0.751. The van der Waals surface area contributed by atoms with Gasteiger partial charge in [-0.3, -0.25) is 19.3 Å². The molecule has 4 N–H and O–H groups in total. The molecule has 0 saturated heterocycles. The number of nitrogen functional groups attached to an aromatic ring is 1. The molecule has 7 nitrogen and oxygen atoms in total. The smallest absolute Gasteiger partial charge is 0.330 e. The van der Waals surface area contributed by atoms with Gasteiger partial charge in [-0.1, -0.05) is 0 Å². The largest absolute Gasteiger partial charge is 0.383 e. The monoisotopic (exact) mass is 275 g/mol. The van der Waals surface area contributed by atoms with Crippen molar-refractivity contribution in [2.45, 2.75) is 26.9 Å². The number of pyridine rings is 1. The number of nitrogens with zero attached hydrogens (tertiary/aromatic N) is 2. The lowest BCUT2D eigenvalue weighted by Crippen LogP contribution is -2.33. The first kappa shape index (κ1) is 13.9. The Morgan fingerprint density at radius 1 is 1.45 bits per heavy atom. The minimum Gasteiger partial charge on any atom is -0.383 e. The molecule has 2 rings (SSSR count). The second kappa shape index (κ2) is 5.60. The van der Waals surface area contributed by atoms with Crippen molar-refractivity contribution in [2.75, 3.05) is 11.1 Å². The standard InChI is InChI=1S/C13H17N5O2/c1-3-18-11(14)10(12(19)17-13(18)20)16-7-9-6-15-5-4-8(9)2/h4-6,16H,3,7,14H2,1-2H3,(H,17,19,20). The Bertz CT molecular complexity index is 732. The van der Waals surface area contributed by atoms with E-state index in [1.54, 1.807) is 19.3 Å². The number of nitrogens with one attached hydrogen (secondary N) is 2. The van der Waals surface area contributed by atoms with Crippen LogP contribution in [0, 0.1) is 6.92 Å². The number of anilines is 2. The fourth-order valence-electron chi connectivity index (χ4n) is 1.94. The molecular weight excluding hydrogens is 258 g/mol. The van der Waals surface area contributed by atoms with Crippen LogP contribution in [0.5, 0.6) is 0 Å². The fraction of sp³-hybridized carbons (Fsp3) is 0.308. The van der Waals surface area contributed by atoms with E-state index in [1.807, 2.05) is 13.0 Å². The van der Waals surface area contributed by atoms with Crippen molar-refractivity contribution in [1.29, 1.82) is 0 Å². The van der Waals surface area contributed by atoms with Crippen molar-refractivity contribution in [1.82, 2.24) is 14.5 Å². The van der Waals surface area contributed by atoms with Crippen LogP contribution in [0.4, 0.5) is 11.5 Å². The maximum Gasteiger partial charge on any atom is 0.330 e. The highest BCUT2D eigenvalue weighted by Crippen LogP contribution is 2.12. The van der Waals surface area contributed by atoms with Crippen LogP contribution in [0.2, 0.25) is 0 Å². The summed E-state index contributed by atoms with van der Waals surface area (Å²) in [7, 11) is 0. The molecule has 0 amide bonds. The number of aryl methyl sites for hydroxylation is 1. The Labute approximate surface area is 115 Å². The van der Waals surface area contributed by atoms with E-state index in [-0.39, 0.29) is 11.5 Å². The molecule has 2 heterocycles. The van der Waals surface area contributed by atoms with Crippen molar-refractivity contribution in [3.8, 4) is 0 Å². The molecule has 0 aliphatic rings. The first-order valence-electron chi connectivity index (χ1n) is 6.30. The molecule has 0 unspecified atom stereocenters. The molecule has 0 spiro atoms. The normalized spacial score (nSPS) is 10.5. The van der Waals surface area contributed by atoms with Crippen LogP contribution in [0.15, 0.2) is 28.0 Å². The highest BCUT2D eigenvalue weighted by atomic mass is 16.2. The van der Waals surface area contributed by atoms with Gasteiger partial charge in [0.15, 0.2) is 0 Å². The molecule has 0 aliphatic carbocycles. The molecule has 0 fully saturated rings. The molecule has 0 saturated carbocycles. The van der Waals surface area contributed by atoms with Crippen LogP contribution < -0.4 is 22.3 Å². The molecule has 0 atom stereocenters. The van der Waals surface area contributed by atoms with E-state index in [0.29, 0.717) is 13.1 Å². The van der Waals surface area contributed by atoms with Crippen LogP contribution in [-0.4, -0.2) is 14.5 Å². The minimum atomic E-state index is -0.515. The summed E-state index contributed by atoms with van der Waals surface area (Å²) < 4.78 is 1.31. The number of H-pyrrole nitrogens is 1. The summed E-state index contributed by atoms with van der Waals surface area (Å²) in [5, 5.41) is 2.97. The van der Waals surface area contributed by atoms with Crippen molar-refractivity contribution in [2.24, 2.45) is 0 Å². The van der Waals surface area contributed by atoms with E-state index in [0.717, 1.165) is 11.1 Å². The van der Waals surface area contributed by atoms with Gasteiger partial charge in [-0.2, -0.15) is 0 Å². The Kier molecular flexibility index (Phi) is 3.88. The van der Waals surface area contributed by atoms with Crippen LogP contribution >= 0.6 is 0 Å². The zero-order chi connectivity index (χ0) is 14.7. The summed E-state index contributed by atoms with van der Waals surface area (Å²) in [5.74, 6) is 0.141. The summed E-state index contributed by atoms with van der Waals surface area (Å²) in [6, 6.07) is 1.89. The lowest BCUT2D eigenvalue weighted by atomic mass is 10.1. The Balaban J connectivity index is 2.33. The van der Waals surface area contributed by atoms with Crippen LogP contribution in [-0.2, 0) is 13.1 Å². The van der Waals surface area contributed by atoms with E-state index < -0.39 is 11.2 Å². The maximum atomic E-state index is 11.8. The van der Waals surface area contributed by atoms with Crippen molar-refractivity contribution < 1.29 is 0 Å². The second-order valence-corrected chi connectivity index (χ2v) is 4.42. The van der Waals surface area contributed by atoms with Gasteiger partial charge in [0.25, 0.3) is 5.56 Å². The first-order chi connectivity index (χ1) is 9.54. The Morgan fingerprint density at radius 2 is 2.20 bits per heavy atom. The zero-order valence-electron chi connectivity index (χ0n) is 11.4. The molecule has 0 bridgehead atoms. The van der Waals surface area contributed by atoms with Gasteiger partial charge >= 0.3 is 5.69 Å². The number of hydrogen-bond acceptors (Lipinski definition) is 5. The summed E-state index contributed by atoms with van der Waals surface area (Å²) >= 11 is 0. The zero-order valence-corrected chi connectivity index (χ0v) is 11.4. The summed E-state index contributed by atoms with van der Waals surface area (Å²) in [5.41, 5.74) is 7.07. The number of rotatable bonds is 4. The van der Waals surface area contributed by atoms with Gasteiger partial charge in [-0.15, -0.1) is 0 Å². The molecule has 2 aromatic rings. The summed E-state index contributed by atoms with van der Waals surface area (Å²) in [6.07, 6.45) is 3.43. The predicted octanol–water partition coefficient (Wildman–Crippen LogP) is 0.454. The van der Waals surface area contributed by atoms with Gasteiger partial charge in [0.05, 0.1) is 0 Å².